The average molecular weight is 228 g/mol. The van der Waals surface area contributed by atoms with Crippen LogP contribution in [0, 0.1) is 0 Å². The van der Waals surface area contributed by atoms with Gasteiger partial charge in [-0.05, 0) is 24.6 Å². The van der Waals surface area contributed by atoms with Crippen molar-refractivity contribution < 1.29 is 8.42 Å². The second kappa shape index (κ2) is 3.92. The smallest absolute Gasteiger partial charge is 0.175 e. The molecule has 0 aliphatic carbocycles. The van der Waals surface area contributed by atoms with Crippen LogP contribution in [0.25, 0.3) is 0 Å². The van der Waals surface area contributed by atoms with Crippen LogP contribution in [0.1, 0.15) is 12.5 Å². The van der Waals surface area contributed by atoms with E-state index in [1.54, 1.807) is 24.3 Å². The predicted octanol–water partition coefficient (Wildman–Crippen LogP) is 0.223. The summed E-state index contributed by atoms with van der Waals surface area (Å²) in [6, 6.07) is 6.49. The van der Waals surface area contributed by atoms with Crippen LogP contribution in [-0.2, 0) is 15.4 Å². The van der Waals surface area contributed by atoms with Crippen LogP contribution < -0.4 is 11.5 Å². The molecule has 1 aromatic carbocycles. The Morgan fingerprint density at radius 1 is 1.27 bits per heavy atom. The van der Waals surface area contributed by atoms with E-state index in [4.69, 9.17) is 11.5 Å². The molecular weight excluding hydrogens is 212 g/mol. The summed E-state index contributed by atoms with van der Waals surface area (Å²) in [4.78, 5) is 0.291. The Balaban J connectivity index is 3.12. The van der Waals surface area contributed by atoms with E-state index in [2.05, 4.69) is 0 Å². The van der Waals surface area contributed by atoms with Gasteiger partial charge in [0.25, 0.3) is 0 Å². The maximum absolute atomic E-state index is 11.2. The van der Waals surface area contributed by atoms with Crippen molar-refractivity contribution in [3.05, 3.63) is 29.8 Å². The second-order valence-corrected chi connectivity index (χ2v) is 5.93. The van der Waals surface area contributed by atoms with E-state index in [0.717, 1.165) is 5.56 Å². The second-order valence-electron chi connectivity index (χ2n) is 3.92. The number of hydrogen-bond acceptors (Lipinski definition) is 4. The highest BCUT2D eigenvalue weighted by Gasteiger charge is 2.19. The molecule has 0 aromatic heterocycles. The first-order chi connectivity index (χ1) is 6.77. The van der Waals surface area contributed by atoms with E-state index in [9.17, 15) is 8.42 Å². The summed E-state index contributed by atoms with van der Waals surface area (Å²) in [5.74, 6) is 0. The zero-order valence-electron chi connectivity index (χ0n) is 8.90. The molecule has 15 heavy (non-hydrogen) atoms. The van der Waals surface area contributed by atoms with Crippen LogP contribution in [0.15, 0.2) is 29.2 Å². The van der Waals surface area contributed by atoms with Crippen LogP contribution in [0.5, 0.6) is 0 Å². The van der Waals surface area contributed by atoms with E-state index in [1.807, 2.05) is 6.92 Å². The standard InChI is InChI=1S/C10H16N2O2S/c1-10(12,7-11)8-3-5-9(6-4-8)15(2,13)14/h3-6H,7,11-12H2,1-2H3. The van der Waals surface area contributed by atoms with Crippen LogP contribution in [0.4, 0.5) is 0 Å². The van der Waals surface area contributed by atoms with E-state index in [-0.39, 0.29) is 0 Å². The third-order valence-corrected chi connectivity index (χ3v) is 3.49. The van der Waals surface area contributed by atoms with Crippen molar-refractivity contribution in [1.82, 2.24) is 0 Å². The van der Waals surface area contributed by atoms with E-state index >= 15 is 0 Å². The Hall–Kier alpha value is -0.910. The largest absolute Gasteiger partial charge is 0.328 e. The molecule has 0 amide bonds. The molecule has 84 valence electrons. The minimum absolute atomic E-state index is 0.291. The number of sulfone groups is 1. The summed E-state index contributed by atoms with van der Waals surface area (Å²) < 4.78 is 22.4. The van der Waals surface area contributed by atoms with Crippen LogP contribution >= 0.6 is 0 Å². The van der Waals surface area contributed by atoms with Crippen molar-refractivity contribution in [1.29, 1.82) is 0 Å². The molecule has 0 saturated heterocycles. The fourth-order valence-electron chi connectivity index (χ4n) is 1.20. The minimum Gasteiger partial charge on any atom is -0.328 e. The summed E-state index contributed by atoms with van der Waals surface area (Å²) >= 11 is 0. The van der Waals surface area contributed by atoms with Gasteiger partial charge in [-0.1, -0.05) is 12.1 Å². The van der Waals surface area contributed by atoms with Crippen molar-refractivity contribution in [3.63, 3.8) is 0 Å². The quantitative estimate of drug-likeness (QED) is 0.775. The van der Waals surface area contributed by atoms with E-state index < -0.39 is 15.4 Å². The lowest BCUT2D eigenvalue weighted by molar-refractivity contribution is 0.507. The van der Waals surface area contributed by atoms with Crippen LogP contribution in [0.2, 0.25) is 0 Å². The Labute approximate surface area is 90.2 Å². The van der Waals surface area contributed by atoms with E-state index in [1.165, 1.54) is 6.26 Å². The van der Waals surface area contributed by atoms with Crippen molar-refractivity contribution in [2.24, 2.45) is 11.5 Å². The normalized spacial score (nSPS) is 16.0. The van der Waals surface area contributed by atoms with Crippen molar-refractivity contribution in [3.8, 4) is 0 Å². The highest BCUT2D eigenvalue weighted by atomic mass is 32.2. The molecule has 1 aromatic rings. The van der Waals surface area contributed by atoms with Gasteiger partial charge in [0, 0.05) is 12.8 Å². The van der Waals surface area contributed by atoms with Gasteiger partial charge in [0.05, 0.1) is 10.4 Å². The van der Waals surface area contributed by atoms with Gasteiger partial charge in [0.15, 0.2) is 9.84 Å². The summed E-state index contributed by atoms with van der Waals surface area (Å²) in [5.41, 5.74) is 11.7. The van der Waals surface area contributed by atoms with Crippen molar-refractivity contribution in [2.75, 3.05) is 12.8 Å². The van der Waals surface area contributed by atoms with Crippen molar-refractivity contribution in [2.45, 2.75) is 17.4 Å². The molecule has 1 atom stereocenters. The first-order valence-electron chi connectivity index (χ1n) is 4.57. The summed E-state index contributed by atoms with van der Waals surface area (Å²) in [6.07, 6.45) is 1.17. The van der Waals surface area contributed by atoms with Gasteiger partial charge in [-0.25, -0.2) is 8.42 Å². The molecule has 0 aliphatic heterocycles. The summed E-state index contributed by atoms with van der Waals surface area (Å²) in [6.45, 7) is 2.12. The first-order valence-corrected chi connectivity index (χ1v) is 6.46. The Morgan fingerprint density at radius 3 is 2.07 bits per heavy atom. The van der Waals surface area contributed by atoms with Gasteiger partial charge >= 0.3 is 0 Å². The fraction of sp³-hybridized carbons (Fsp3) is 0.400. The summed E-state index contributed by atoms with van der Waals surface area (Å²) in [5, 5.41) is 0. The lowest BCUT2D eigenvalue weighted by Gasteiger charge is -2.23. The highest BCUT2D eigenvalue weighted by Crippen LogP contribution is 2.18. The predicted molar refractivity (Wildman–Crippen MR) is 60.1 cm³/mol. The molecule has 0 spiro atoms. The molecule has 4 nitrogen and oxygen atoms in total. The summed E-state index contributed by atoms with van der Waals surface area (Å²) in [7, 11) is -3.14. The Kier molecular flexibility index (Phi) is 3.18. The number of benzene rings is 1. The molecule has 1 unspecified atom stereocenters. The fourth-order valence-corrected chi connectivity index (χ4v) is 1.83. The topological polar surface area (TPSA) is 86.2 Å². The number of rotatable bonds is 3. The molecule has 1 rings (SSSR count). The Bertz CT molecular complexity index is 435. The van der Waals surface area contributed by atoms with Gasteiger partial charge in [0.1, 0.15) is 0 Å². The third kappa shape index (κ3) is 2.77. The number of hydrogen-bond donors (Lipinski definition) is 2. The van der Waals surface area contributed by atoms with E-state index in [0.29, 0.717) is 11.4 Å². The molecule has 0 bridgehead atoms. The first kappa shape index (κ1) is 12.2. The molecule has 5 heteroatoms. The van der Waals surface area contributed by atoms with Gasteiger partial charge in [0.2, 0.25) is 0 Å². The SMILES string of the molecule is CC(N)(CN)c1ccc(S(C)(=O)=O)cc1. The molecular formula is C10H16N2O2S. The van der Waals surface area contributed by atoms with Crippen LogP contribution in [-0.4, -0.2) is 21.2 Å². The van der Waals surface area contributed by atoms with Gasteiger partial charge < -0.3 is 11.5 Å². The van der Waals surface area contributed by atoms with Crippen LogP contribution in [0.3, 0.4) is 0 Å². The van der Waals surface area contributed by atoms with Crippen molar-refractivity contribution >= 4 is 9.84 Å². The maximum Gasteiger partial charge on any atom is 0.175 e. The monoisotopic (exact) mass is 228 g/mol. The molecule has 0 heterocycles. The average Bonchev–Trinajstić information content (AvgIpc) is 2.17. The molecule has 0 saturated carbocycles. The maximum atomic E-state index is 11.2. The Morgan fingerprint density at radius 2 is 1.73 bits per heavy atom. The zero-order valence-corrected chi connectivity index (χ0v) is 9.71. The van der Waals surface area contributed by atoms with Gasteiger partial charge in [-0.3, -0.25) is 0 Å². The minimum atomic E-state index is -3.14. The van der Waals surface area contributed by atoms with Gasteiger partial charge in [-0.2, -0.15) is 0 Å². The highest BCUT2D eigenvalue weighted by molar-refractivity contribution is 7.90. The molecule has 0 radical (unpaired) electrons. The lowest BCUT2D eigenvalue weighted by atomic mass is 9.94. The van der Waals surface area contributed by atoms with Gasteiger partial charge in [-0.15, -0.1) is 0 Å². The lowest BCUT2D eigenvalue weighted by Crippen LogP contribution is -2.40. The zero-order chi connectivity index (χ0) is 11.7. The molecule has 4 N–H and O–H groups in total. The molecule has 0 aliphatic rings. The number of nitrogens with two attached hydrogens (primary N) is 2. The molecule has 0 fully saturated rings. The third-order valence-electron chi connectivity index (χ3n) is 2.37.